The molecule has 1 aromatic carbocycles. The van der Waals surface area contributed by atoms with Crippen LogP contribution in [0.3, 0.4) is 0 Å². The number of hydrogen-bond donors (Lipinski definition) is 3. The Morgan fingerprint density at radius 2 is 2.00 bits per heavy atom. The molecular weight excluding hydrogens is 354 g/mol. The Labute approximate surface area is 150 Å². The van der Waals surface area contributed by atoms with Crippen LogP contribution in [-0.2, 0) is 16.6 Å². The largest absolute Gasteiger partial charge is 0.338 e. The number of aromatic amines is 2. The number of aromatic nitrogens is 3. The van der Waals surface area contributed by atoms with Crippen molar-refractivity contribution in [2.45, 2.75) is 37.8 Å². The highest BCUT2D eigenvalue weighted by Gasteiger charge is 2.41. The van der Waals surface area contributed by atoms with E-state index in [9.17, 15) is 13.2 Å². The second kappa shape index (κ2) is 5.42. The average molecular weight is 373 g/mol. The third kappa shape index (κ3) is 2.51. The minimum absolute atomic E-state index is 0.249. The highest BCUT2D eigenvalue weighted by atomic mass is 32.2. The van der Waals surface area contributed by atoms with Gasteiger partial charge in [0.2, 0.25) is 10.0 Å². The second-order valence-corrected chi connectivity index (χ2v) is 9.13. The lowest BCUT2D eigenvalue weighted by Crippen LogP contribution is -2.41. The van der Waals surface area contributed by atoms with Crippen LogP contribution >= 0.6 is 0 Å². The number of H-pyrrole nitrogens is 2. The zero-order valence-electron chi connectivity index (χ0n) is 14.6. The number of hydrogen-bond acceptors (Lipinski definition) is 5. The maximum absolute atomic E-state index is 12.7. The molecule has 0 atom stereocenters. The molecule has 0 unspecified atom stereocenters. The fraction of sp³-hybridized carbons (Fsp3) is 0.294. The number of anilines is 2. The molecule has 0 radical (unpaired) electrons. The second-order valence-electron chi connectivity index (χ2n) is 7.30. The predicted molar refractivity (Wildman–Crippen MR) is 98.9 cm³/mol. The Morgan fingerprint density at radius 1 is 1.23 bits per heavy atom. The summed E-state index contributed by atoms with van der Waals surface area (Å²) in [4.78, 5) is 15.0. The van der Waals surface area contributed by atoms with Crippen molar-refractivity contribution in [3.05, 3.63) is 46.4 Å². The van der Waals surface area contributed by atoms with Gasteiger partial charge >= 0.3 is 0 Å². The highest BCUT2D eigenvalue weighted by Crippen LogP contribution is 2.37. The summed E-state index contributed by atoms with van der Waals surface area (Å²) in [5, 5.41) is 10.5. The Kier molecular flexibility index (Phi) is 3.50. The van der Waals surface area contributed by atoms with E-state index in [0.29, 0.717) is 33.8 Å². The van der Waals surface area contributed by atoms with Crippen LogP contribution in [0.15, 0.2) is 40.2 Å². The van der Waals surface area contributed by atoms with Crippen molar-refractivity contribution in [1.29, 1.82) is 0 Å². The summed E-state index contributed by atoms with van der Waals surface area (Å²) in [6, 6.07) is 6.79. The van der Waals surface area contributed by atoms with Crippen molar-refractivity contribution in [3.8, 4) is 0 Å². The molecule has 0 bridgehead atoms. The maximum atomic E-state index is 12.7. The van der Waals surface area contributed by atoms with E-state index in [-0.39, 0.29) is 5.56 Å². The molecule has 136 valence electrons. The Morgan fingerprint density at radius 3 is 2.73 bits per heavy atom. The van der Waals surface area contributed by atoms with Crippen LogP contribution in [0.5, 0.6) is 0 Å². The van der Waals surface area contributed by atoms with Crippen molar-refractivity contribution in [2.24, 2.45) is 0 Å². The molecule has 3 aromatic rings. The van der Waals surface area contributed by atoms with E-state index in [1.165, 1.54) is 4.31 Å². The fourth-order valence-electron chi connectivity index (χ4n) is 3.19. The van der Waals surface area contributed by atoms with Gasteiger partial charge in [-0.15, -0.1) is 0 Å². The molecule has 3 N–H and O–H groups in total. The molecule has 0 spiro atoms. The topological polar surface area (TPSA) is 111 Å². The predicted octanol–water partition coefficient (Wildman–Crippen LogP) is 2.30. The number of sulfonamides is 1. The summed E-state index contributed by atoms with van der Waals surface area (Å²) in [6.45, 7) is 5.94. The van der Waals surface area contributed by atoms with Crippen LogP contribution in [0, 0.1) is 0 Å². The van der Waals surface area contributed by atoms with E-state index in [0.717, 1.165) is 5.56 Å². The minimum atomic E-state index is -3.50. The molecule has 26 heavy (non-hydrogen) atoms. The SMILES string of the molecule is CC(C)(C)N1Cc2cc(Nc3n[nH]c4cc[nH]c(=O)c34)ccc2S1(=O)=O. The van der Waals surface area contributed by atoms with Crippen LogP contribution < -0.4 is 10.9 Å². The van der Waals surface area contributed by atoms with Gasteiger partial charge in [-0.2, -0.15) is 9.40 Å². The number of rotatable bonds is 2. The monoisotopic (exact) mass is 373 g/mol. The van der Waals surface area contributed by atoms with Gasteiger partial charge in [0.25, 0.3) is 5.56 Å². The molecule has 2 aromatic heterocycles. The van der Waals surface area contributed by atoms with Crippen LogP contribution in [0.2, 0.25) is 0 Å². The third-order valence-electron chi connectivity index (χ3n) is 4.44. The standard InChI is InChI=1S/C17H19N5O3S/c1-17(2,3)22-9-10-8-11(4-5-13(10)26(22,24)25)19-15-14-12(20-21-15)6-7-18-16(14)23/h4-8H,9H2,1-3H3,(H,18,23)(H2,19,20,21). The lowest BCUT2D eigenvalue weighted by atomic mass is 10.1. The molecule has 0 fully saturated rings. The number of nitrogens with zero attached hydrogens (tertiary/aromatic N) is 2. The smallest absolute Gasteiger partial charge is 0.261 e. The van der Waals surface area contributed by atoms with E-state index < -0.39 is 15.6 Å². The Hall–Kier alpha value is -2.65. The first-order valence-corrected chi connectivity index (χ1v) is 9.60. The fourth-order valence-corrected chi connectivity index (χ4v) is 5.16. The summed E-state index contributed by atoms with van der Waals surface area (Å²) in [6.07, 6.45) is 1.55. The number of benzene rings is 1. The quantitative estimate of drug-likeness (QED) is 0.638. The molecular formula is C17H19N5O3S. The van der Waals surface area contributed by atoms with E-state index in [4.69, 9.17) is 0 Å². The normalized spacial score (nSPS) is 16.7. The highest BCUT2D eigenvalue weighted by molar-refractivity contribution is 7.89. The van der Waals surface area contributed by atoms with Gasteiger partial charge in [0, 0.05) is 24.0 Å². The molecule has 3 heterocycles. The number of nitrogens with one attached hydrogen (secondary N) is 3. The van der Waals surface area contributed by atoms with E-state index in [1.807, 2.05) is 20.8 Å². The molecule has 9 heteroatoms. The molecule has 4 rings (SSSR count). The first kappa shape index (κ1) is 16.8. The molecule has 0 aliphatic carbocycles. The molecule has 1 aliphatic heterocycles. The van der Waals surface area contributed by atoms with Gasteiger partial charge in [-0.05, 0) is 50.6 Å². The van der Waals surface area contributed by atoms with Gasteiger partial charge in [0.15, 0.2) is 5.82 Å². The van der Waals surface area contributed by atoms with E-state index in [2.05, 4.69) is 20.5 Å². The van der Waals surface area contributed by atoms with Crippen molar-refractivity contribution in [3.63, 3.8) is 0 Å². The summed E-state index contributed by atoms with van der Waals surface area (Å²) in [5.41, 5.74) is 1.27. The molecule has 0 saturated heterocycles. The van der Waals surface area contributed by atoms with Crippen molar-refractivity contribution in [2.75, 3.05) is 5.32 Å². The average Bonchev–Trinajstić information content (AvgIpc) is 3.07. The van der Waals surface area contributed by atoms with Crippen molar-refractivity contribution < 1.29 is 8.42 Å². The molecule has 0 amide bonds. The number of pyridine rings is 1. The first-order chi connectivity index (χ1) is 12.2. The maximum Gasteiger partial charge on any atom is 0.261 e. The summed E-state index contributed by atoms with van der Waals surface area (Å²) in [7, 11) is -3.50. The first-order valence-electron chi connectivity index (χ1n) is 8.16. The molecule has 1 aliphatic rings. The van der Waals surface area contributed by atoms with Gasteiger partial charge in [-0.25, -0.2) is 8.42 Å². The summed E-state index contributed by atoms with van der Waals surface area (Å²) < 4.78 is 26.9. The third-order valence-corrected chi connectivity index (χ3v) is 6.65. The lowest BCUT2D eigenvalue weighted by Gasteiger charge is -2.29. The van der Waals surface area contributed by atoms with E-state index >= 15 is 0 Å². The Bertz CT molecular complexity index is 1170. The number of fused-ring (bicyclic) bond motifs is 2. The van der Waals surface area contributed by atoms with Crippen LogP contribution in [-0.4, -0.2) is 33.4 Å². The molecule has 0 saturated carbocycles. The van der Waals surface area contributed by atoms with Gasteiger partial charge in [0.1, 0.15) is 5.39 Å². The van der Waals surface area contributed by atoms with Crippen LogP contribution in [0.4, 0.5) is 11.5 Å². The van der Waals surface area contributed by atoms with Gasteiger partial charge in [-0.1, -0.05) is 0 Å². The van der Waals surface area contributed by atoms with Gasteiger partial charge in [-0.3, -0.25) is 9.89 Å². The van der Waals surface area contributed by atoms with Gasteiger partial charge in [0.05, 0.1) is 10.4 Å². The van der Waals surface area contributed by atoms with Crippen molar-refractivity contribution in [1.82, 2.24) is 19.5 Å². The van der Waals surface area contributed by atoms with Crippen LogP contribution in [0.25, 0.3) is 10.9 Å². The van der Waals surface area contributed by atoms with Crippen LogP contribution in [0.1, 0.15) is 26.3 Å². The van der Waals surface area contributed by atoms with E-state index in [1.54, 1.807) is 30.5 Å². The lowest BCUT2D eigenvalue weighted by molar-refractivity contribution is 0.252. The Balaban J connectivity index is 1.73. The minimum Gasteiger partial charge on any atom is -0.338 e. The molecule has 8 nitrogen and oxygen atoms in total. The summed E-state index contributed by atoms with van der Waals surface area (Å²) in [5.74, 6) is 0.398. The summed E-state index contributed by atoms with van der Waals surface area (Å²) >= 11 is 0. The zero-order valence-corrected chi connectivity index (χ0v) is 15.4. The van der Waals surface area contributed by atoms with Gasteiger partial charge < -0.3 is 10.3 Å². The zero-order chi connectivity index (χ0) is 18.7. The van der Waals surface area contributed by atoms with Crippen molar-refractivity contribution >= 4 is 32.4 Å².